The van der Waals surface area contributed by atoms with Crippen LogP contribution in [0.2, 0.25) is 0 Å². The highest BCUT2D eigenvalue weighted by molar-refractivity contribution is 5.95. The van der Waals surface area contributed by atoms with E-state index in [0.29, 0.717) is 30.8 Å². The number of aliphatic hydroxyl groups is 1. The zero-order valence-electron chi connectivity index (χ0n) is 12.9. The van der Waals surface area contributed by atoms with Crippen molar-refractivity contribution in [3.8, 4) is 0 Å². The van der Waals surface area contributed by atoms with E-state index in [1.54, 1.807) is 31.7 Å². The largest absolute Gasteiger partial charge is 0.389 e. The zero-order valence-corrected chi connectivity index (χ0v) is 12.9. The molecule has 4 nitrogen and oxygen atoms in total. The predicted molar refractivity (Wildman–Crippen MR) is 79.8 cm³/mol. The molecule has 5 heteroatoms. The molecular formula is C16H23FN2O2. The zero-order chi connectivity index (χ0) is 15.6. The summed E-state index contributed by atoms with van der Waals surface area (Å²) in [5.41, 5.74) is 0.506. The highest BCUT2D eigenvalue weighted by Crippen LogP contribution is 2.15. The van der Waals surface area contributed by atoms with Gasteiger partial charge in [0.1, 0.15) is 5.82 Å². The first-order valence-electron chi connectivity index (χ1n) is 7.26. The van der Waals surface area contributed by atoms with E-state index in [1.807, 2.05) is 0 Å². The molecule has 0 atom stereocenters. The van der Waals surface area contributed by atoms with Crippen LogP contribution in [-0.4, -0.2) is 59.1 Å². The van der Waals surface area contributed by atoms with Crippen molar-refractivity contribution in [1.29, 1.82) is 0 Å². The summed E-state index contributed by atoms with van der Waals surface area (Å²) in [5, 5.41) is 9.83. The molecule has 116 valence electrons. The summed E-state index contributed by atoms with van der Waals surface area (Å²) in [7, 11) is 0. The van der Waals surface area contributed by atoms with Gasteiger partial charge in [0.2, 0.25) is 0 Å². The summed E-state index contributed by atoms with van der Waals surface area (Å²) in [6, 6.07) is 4.26. The molecule has 1 heterocycles. The Bertz CT molecular complexity index is 517. The van der Waals surface area contributed by atoms with Crippen LogP contribution in [0.15, 0.2) is 18.2 Å². The molecule has 2 rings (SSSR count). The molecule has 1 N–H and O–H groups in total. The second-order valence-corrected chi connectivity index (χ2v) is 6.34. The van der Waals surface area contributed by atoms with Crippen LogP contribution in [-0.2, 0) is 0 Å². The number of carbonyl (C=O) groups is 1. The quantitative estimate of drug-likeness (QED) is 0.922. The number of hydrogen-bond acceptors (Lipinski definition) is 3. The minimum absolute atomic E-state index is 0.0459. The maximum absolute atomic E-state index is 13.1. The minimum Gasteiger partial charge on any atom is -0.389 e. The Labute approximate surface area is 125 Å². The number of carbonyl (C=O) groups excluding carboxylic acids is 1. The van der Waals surface area contributed by atoms with Crippen molar-refractivity contribution >= 4 is 5.91 Å². The molecular weight excluding hydrogens is 271 g/mol. The summed E-state index contributed by atoms with van der Waals surface area (Å²) >= 11 is 0. The first-order chi connectivity index (χ1) is 9.76. The molecule has 0 unspecified atom stereocenters. The fraction of sp³-hybridized carbons (Fsp3) is 0.562. The van der Waals surface area contributed by atoms with E-state index in [1.165, 1.54) is 12.1 Å². The van der Waals surface area contributed by atoms with Crippen molar-refractivity contribution in [2.45, 2.75) is 26.4 Å². The Hall–Kier alpha value is -1.46. The van der Waals surface area contributed by atoms with Gasteiger partial charge >= 0.3 is 0 Å². The van der Waals surface area contributed by atoms with E-state index in [4.69, 9.17) is 0 Å². The monoisotopic (exact) mass is 294 g/mol. The maximum Gasteiger partial charge on any atom is 0.254 e. The third kappa shape index (κ3) is 4.25. The maximum atomic E-state index is 13.1. The fourth-order valence-corrected chi connectivity index (χ4v) is 2.69. The van der Waals surface area contributed by atoms with Crippen molar-refractivity contribution in [1.82, 2.24) is 9.80 Å². The lowest BCUT2D eigenvalue weighted by Gasteiger charge is -2.37. The topological polar surface area (TPSA) is 43.8 Å². The van der Waals surface area contributed by atoms with Crippen molar-refractivity contribution in [2.24, 2.45) is 0 Å². The number of rotatable bonds is 3. The smallest absolute Gasteiger partial charge is 0.254 e. The molecule has 0 aromatic heterocycles. The molecule has 1 aliphatic rings. The number of benzene rings is 1. The lowest BCUT2D eigenvalue weighted by molar-refractivity contribution is 0.0178. The van der Waals surface area contributed by atoms with E-state index < -0.39 is 5.60 Å². The number of halogens is 1. The molecule has 1 aromatic carbocycles. The van der Waals surface area contributed by atoms with Gasteiger partial charge in [-0.05, 0) is 44.5 Å². The number of nitrogens with zero attached hydrogens (tertiary/aromatic N) is 2. The Morgan fingerprint density at radius 2 is 1.90 bits per heavy atom. The molecule has 0 spiro atoms. The summed E-state index contributed by atoms with van der Waals surface area (Å²) in [6.07, 6.45) is 0. The first-order valence-corrected chi connectivity index (χ1v) is 7.26. The van der Waals surface area contributed by atoms with E-state index >= 15 is 0 Å². The second kappa shape index (κ2) is 6.12. The SMILES string of the molecule is Cc1cc(F)ccc1C(=O)N1CCN(CC(C)(C)O)CC1. The molecule has 1 saturated heterocycles. The molecule has 1 aliphatic heterocycles. The molecule has 1 fully saturated rings. The standard InChI is InChI=1S/C16H23FN2O2/c1-12-10-13(17)4-5-14(12)15(20)19-8-6-18(7-9-19)11-16(2,3)21/h4-5,10,21H,6-9,11H2,1-3H3. The van der Waals surface area contributed by atoms with E-state index in [9.17, 15) is 14.3 Å². The van der Waals surface area contributed by atoms with Gasteiger partial charge in [-0.1, -0.05) is 0 Å². The van der Waals surface area contributed by atoms with Crippen molar-refractivity contribution < 1.29 is 14.3 Å². The van der Waals surface area contributed by atoms with Crippen LogP contribution in [0.5, 0.6) is 0 Å². The fourth-order valence-electron chi connectivity index (χ4n) is 2.69. The van der Waals surface area contributed by atoms with Gasteiger partial charge in [0.15, 0.2) is 0 Å². The third-order valence-electron chi connectivity index (χ3n) is 3.69. The number of amides is 1. The summed E-state index contributed by atoms with van der Waals surface area (Å²) in [4.78, 5) is 16.4. The average Bonchev–Trinajstić information content (AvgIpc) is 2.37. The van der Waals surface area contributed by atoms with Crippen LogP contribution in [0.1, 0.15) is 29.8 Å². The number of aryl methyl sites for hydroxylation is 1. The van der Waals surface area contributed by atoms with Crippen LogP contribution >= 0.6 is 0 Å². The number of hydrogen-bond donors (Lipinski definition) is 1. The van der Waals surface area contributed by atoms with Crippen LogP contribution in [0.4, 0.5) is 4.39 Å². The van der Waals surface area contributed by atoms with Gasteiger partial charge in [-0.15, -0.1) is 0 Å². The summed E-state index contributed by atoms with van der Waals surface area (Å²) < 4.78 is 13.1. The van der Waals surface area contributed by atoms with Gasteiger partial charge in [-0.2, -0.15) is 0 Å². The highest BCUT2D eigenvalue weighted by atomic mass is 19.1. The predicted octanol–water partition coefficient (Wildman–Crippen LogP) is 1.66. The molecule has 0 bridgehead atoms. The summed E-state index contributed by atoms with van der Waals surface area (Å²) in [6.45, 7) is 8.67. The molecule has 1 amide bonds. The van der Waals surface area contributed by atoms with Gasteiger partial charge in [-0.25, -0.2) is 4.39 Å². The lowest BCUT2D eigenvalue weighted by Crippen LogP contribution is -2.52. The van der Waals surface area contributed by atoms with Crippen LogP contribution < -0.4 is 0 Å². The molecule has 0 aliphatic carbocycles. The number of piperazine rings is 1. The van der Waals surface area contributed by atoms with Gasteiger partial charge in [0.25, 0.3) is 5.91 Å². The molecule has 0 radical (unpaired) electrons. The van der Waals surface area contributed by atoms with E-state index in [0.717, 1.165) is 13.1 Å². The summed E-state index contributed by atoms with van der Waals surface area (Å²) in [5.74, 6) is -0.366. The van der Waals surface area contributed by atoms with Crippen LogP contribution in [0, 0.1) is 12.7 Å². The molecule has 1 aromatic rings. The molecule has 21 heavy (non-hydrogen) atoms. The van der Waals surface area contributed by atoms with Crippen LogP contribution in [0.25, 0.3) is 0 Å². The third-order valence-corrected chi connectivity index (χ3v) is 3.69. The Morgan fingerprint density at radius 1 is 1.29 bits per heavy atom. The normalized spacial score (nSPS) is 17.1. The van der Waals surface area contributed by atoms with Crippen molar-refractivity contribution in [2.75, 3.05) is 32.7 Å². The van der Waals surface area contributed by atoms with Crippen molar-refractivity contribution in [3.63, 3.8) is 0 Å². The van der Waals surface area contributed by atoms with E-state index in [2.05, 4.69) is 4.90 Å². The average molecular weight is 294 g/mol. The molecule has 0 saturated carbocycles. The Balaban J connectivity index is 1.97. The van der Waals surface area contributed by atoms with Gasteiger partial charge in [0, 0.05) is 38.3 Å². The first kappa shape index (κ1) is 15.9. The second-order valence-electron chi connectivity index (χ2n) is 6.34. The van der Waals surface area contributed by atoms with Crippen LogP contribution in [0.3, 0.4) is 0 Å². The van der Waals surface area contributed by atoms with Gasteiger partial charge in [0.05, 0.1) is 5.60 Å². The van der Waals surface area contributed by atoms with Crippen molar-refractivity contribution in [3.05, 3.63) is 35.1 Å². The lowest BCUT2D eigenvalue weighted by atomic mass is 10.1. The minimum atomic E-state index is -0.722. The van der Waals surface area contributed by atoms with Gasteiger partial charge < -0.3 is 10.0 Å². The Morgan fingerprint density at radius 3 is 2.43 bits per heavy atom. The number of β-amino-alcohol motifs (C(OH)–C–C–N with tert-alkyl or cyclic N) is 1. The Kier molecular flexibility index (Phi) is 4.64. The van der Waals surface area contributed by atoms with E-state index in [-0.39, 0.29) is 11.7 Å². The van der Waals surface area contributed by atoms with Gasteiger partial charge in [-0.3, -0.25) is 9.69 Å². The highest BCUT2D eigenvalue weighted by Gasteiger charge is 2.26.